The molecule has 1 aromatic carbocycles. The summed E-state index contributed by atoms with van der Waals surface area (Å²) in [6.07, 6.45) is 4.55. The minimum atomic E-state index is -0.405. The quantitative estimate of drug-likeness (QED) is 0.666. The molecule has 0 amide bonds. The van der Waals surface area contributed by atoms with Crippen LogP contribution in [0.4, 0.5) is 5.82 Å². The van der Waals surface area contributed by atoms with Crippen LogP contribution in [-0.4, -0.2) is 45.8 Å². The molecule has 0 N–H and O–H groups in total. The monoisotopic (exact) mass is 363 g/mol. The summed E-state index contributed by atoms with van der Waals surface area (Å²) in [7, 11) is 1.49. The SMILES string of the molecule is COC(=O)C12CCCC1CN(c1cc(-c3ccccc3)nc3ncnn13)C2. The van der Waals surface area contributed by atoms with Gasteiger partial charge in [-0.3, -0.25) is 4.79 Å². The number of fused-ring (bicyclic) bond motifs is 2. The van der Waals surface area contributed by atoms with Gasteiger partial charge in [0.25, 0.3) is 5.78 Å². The number of esters is 1. The summed E-state index contributed by atoms with van der Waals surface area (Å²) in [5.41, 5.74) is 1.49. The Morgan fingerprint density at radius 1 is 1.30 bits per heavy atom. The molecule has 3 aromatic rings. The van der Waals surface area contributed by atoms with Gasteiger partial charge in [0, 0.05) is 24.7 Å². The standard InChI is InChI=1S/C20H21N5O2/c1-27-18(26)20-9-5-8-15(20)11-24(12-20)17-10-16(14-6-3-2-4-7-14)23-19-21-13-22-25(17)19/h2-4,6-7,10,13,15H,5,8-9,11-12H2,1H3. The zero-order valence-corrected chi connectivity index (χ0v) is 15.2. The summed E-state index contributed by atoms with van der Waals surface area (Å²) in [4.78, 5) is 23.8. The molecule has 0 spiro atoms. The number of ether oxygens (including phenoxy) is 1. The summed E-state index contributed by atoms with van der Waals surface area (Å²) >= 11 is 0. The van der Waals surface area contributed by atoms with E-state index in [0.29, 0.717) is 18.2 Å². The number of carbonyl (C=O) groups excluding carboxylic acids is 1. The van der Waals surface area contributed by atoms with Crippen molar-refractivity contribution in [3.63, 3.8) is 0 Å². The first-order valence-corrected chi connectivity index (χ1v) is 9.31. The molecular weight excluding hydrogens is 342 g/mol. The second kappa shape index (κ2) is 6.04. The summed E-state index contributed by atoms with van der Waals surface area (Å²) in [6.45, 7) is 1.47. The van der Waals surface area contributed by atoms with Crippen molar-refractivity contribution in [1.82, 2.24) is 19.6 Å². The van der Waals surface area contributed by atoms with E-state index in [4.69, 9.17) is 4.74 Å². The van der Waals surface area contributed by atoms with Crippen molar-refractivity contribution in [3.05, 3.63) is 42.7 Å². The van der Waals surface area contributed by atoms with E-state index < -0.39 is 5.41 Å². The van der Waals surface area contributed by atoms with Crippen molar-refractivity contribution in [2.24, 2.45) is 11.3 Å². The fourth-order valence-corrected chi connectivity index (χ4v) is 4.78. The number of carbonyl (C=O) groups is 1. The van der Waals surface area contributed by atoms with Crippen molar-refractivity contribution in [1.29, 1.82) is 0 Å². The lowest BCUT2D eigenvalue weighted by Crippen LogP contribution is -2.37. The predicted molar refractivity (Wildman–Crippen MR) is 100 cm³/mol. The van der Waals surface area contributed by atoms with E-state index >= 15 is 0 Å². The first kappa shape index (κ1) is 16.2. The van der Waals surface area contributed by atoms with Crippen molar-refractivity contribution in [3.8, 4) is 11.3 Å². The Hall–Kier alpha value is -2.96. The molecule has 27 heavy (non-hydrogen) atoms. The van der Waals surface area contributed by atoms with Gasteiger partial charge >= 0.3 is 5.97 Å². The number of anilines is 1. The van der Waals surface area contributed by atoms with Gasteiger partial charge in [-0.05, 0) is 18.8 Å². The summed E-state index contributed by atoms with van der Waals surface area (Å²) < 4.78 is 6.94. The zero-order chi connectivity index (χ0) is 18.4. The van der Waals surface area contributed by atoms with Gasteiger partial charge in [0.1, 0.15) is 12.1 Å². The third kappa shape index (κ3) is 2.41. The highest BCUT2D eigenvalue weighted by atomic mass is 16.5. The van der Waals surface area contributed by atoms with Crippen molar-refractivity contribution >= 4 is 17.6 Å². The van der Waals surface area contributed by atoms with Gasteiger partial charge in [-0.15, -0.1) is 0 Å². The van der Waals surface area contributed by atoms with Crippen LogP contribution >= 0.6 is 0 Å². The third-order valence-corrected chi connectivity index (χ3v) is 6.09. The Labute approximate surface area is 157 Å². The molecule has 138 valence electrons. The number of nitrogens with zero attached hydrogens (tertiary/aromatic N) is 5. The van der Waals surface area contributed by atoms with Gasteiger partial charge < -0.3 is 9.64 Å². The molecule has 2 atom stereocenters. The molecule has 7 nitrogen and oxygen atoms in total. The van der Waals surface area contributed by atoms with E-state index in [1.54, 1.807) is 4.52 Å². The highest BCUT2D eigenvalue weighted by Crippen LogP contribution is 2.50. The maximum atomic E-state index is 12.6. The summed E-state index contributed by atoms with van der Waals surface area (Å²) in [5.74, 6) is 1.72. The van der Waals surface area contributed by atoms with Crippen molar-refractivity contribution in [2.45, 2.75) is 19.3 Å². The maximum absolute atomic E-state index is 12.6. The van der Waals surface area contributed by atoms with Crippen LogP contribution in [-0.2, 0) is 9.53 Å². The molecular formula is C20H21N5O2. The maximum Gasteiger partial charge on any atom is 0.313 e. The van der Waals surface area contributed by atoms with Crippen molar-refractivity contribution < 1.29 is 9.53 Å². The summed E-state index contributed by atoms with van der Waals surface area (Å²) in [6, 6.07) is 12.1. The predicted octanol–water partition coefficient (Wildman–Crippen LogP) is 2.57. The largest absolute Gasteiger partial charge is 0.469 e. The molecule has 0 bridgehead atoms. The van der Waals surface area contributed by atoms with Gasteiger partial charge in [-0.25, -0.2) is 4.98 Å². The van der Waals surface area contributed by atoms with E-state index in [1.807, 2.05) is 36.4 Å². The minimum absolute atomic E-state index is 0.0836. The Morgan fingerprint density at radius 2 is 2.15 bits per heavy atom. The molecule has 2 aliphatic rings. The second-order valence-corrected chi connectivity index (χ2v) is 7.45. The van der Waals surface area contributed by atoms with Gasteiger partial charge in [-0.1, -0.05) is 36.8 Å². The Bertz CT molecular complexity index is 1000. The zero-order valence-electron chi connectivity index (χ0n) is 15.2. The van der Waals surface area contributed by atoms with Crippen LogP contribution in [0.2, 0.25) is 0 Å². The Balaban J connectivity index is 1.59. The smallest absolute Gasteiger partial charge is 0.313 e. The lowest BCUT2D eigenvalue weighted by molar-refractivity contribution is -0.152. The van der Waals surface area contributed by atoms with Crippen LogP contribution in [0.1, 0.15) is 19.3 Å². The number of hydrogen-bond acceptors (Lipinski definition) is 6. The molecule has 5 rings (SSSR count). The Morgan fingerprint density at radius 3 is 2.96 bits per heavy atom. The van der Waals surface area contributed by atoms with Crippen LogP contribution in [0.15, 0.2) is 42.7 Å². The lowest BCUT2D eigenvalue weighted by Gasteiger charge is -2.26. The molecule has 2 unspecified atom stereocenters. The lowest BCUT2D eigenvalue weighted by atomic mass is 9.81. The van der Waals surface area contributed by atoms with E-state index in [0.717, 1.165) is 42.9 Å². The van der Waals surface area contributed by atoms with E-state index in [-0.39, 0.29) is 5.97 Å². The number of rotatable bonds is 3. The van der Waals surface area contributed by atoms with Gasteiger partial charge in [-0.2, -0.15) is 14.6 Å². The first-order chi connectivity index (χ1) is 13.2. The van der Waals surface area contributed by atoms with E-state index in [2.05, 4.69) is 20.0 Å². The molecule has 2 aromatic heterocycles. The number of aromatic nitrogens is 4. The van der Waals surface area contributed by atoms with E-state index in [1.165, 1.54) is 13.4 Å². The molecule has 3 heterocycles. The van der Waals surface area contributed by atoms with E-state index in [9.17, 15) is 4.79 Å². The average molecular weight is 363 g/mol. The minimum Gasteiger partial charge on any atom is -0.469 e. The second-order valence-electron chi connectivity index (χ2n) is 7.45. The topological polar surface area (TPSA) is 72.6 Å². The van der Waals surface area contributed by atoms with Gasteiger partial charge in [0.15, 0.2) is 0 Å². The molecule has 2 fully saturated rings. The number of benzene rings is 1. The van der Waals surface area contributed by atoms with Gasteiger partial charge in [0.05, 0.1) is 18.2 Å². The van der Waals surface area contributed by atoms with Crippen LogP contribution < -0.4 is 4.90 Å². The van der Waals surface area contributed by atoms with Crippen LogP contribution in [0.5, 0.6) is 0 Å². The molecule has 7 heteroatoms. The summed E-state index contributed by atoms with van der Waals surface area (Å²) in [5, 5.41) is 4.36. The molecule has 1 aliphatic heterocycles. The normalized spacial score (nSPS) is 24.3. The first-order valence-electron chi connectivity index (χ1n) is 9.31. The van der Waals surface area contributed by atoms with Crippen LogP contribution in [0.25, 0.3) is 17.0 Å². The highest BCUT2D eigenvalue weighted by molar-refractivity contribution is 5.80. The number of hydrogen-bond donors (Lipinski definition) is 0. The van der Waals surface area contributed by atoms with Gasteiger partial charge in [0.2, 0.25) is 0 Å². The molecule has 1 saturated heterocycles. The Kier molecular flexibility index (Phi) is 3.63. The highest BCUT2D eigenvalue weighted by Gasteiger charge is 2.55. The average Bonchev–Trinajstić information content (AvgIpc) is 3.41. The van der Waals surface area contributed by atoms with Crippen LogP contribution in [0.3, 0.4) is 0 Å². The van der Waals surface area contributed by atoms with Crippen LogP contribution in [0, 0.1) is 11.3 Å². The fraction of sp³-hybridized carbons (Fsp3) is 0.400. The molecule has 1 aliphatic carbocycles. The van der Waals surface area contributed by atoms with Crippen molar-refractivity contribution in [2.75, 3.05) is 25.1 Å². The molecule has 1 saturated carbocycles. The molecule has 0 radical (unpaired) electrons. The fourth-order valence-electron chi connectivity index (χ4n) is 4.78. The third-order valence-electron chi connectivity index (χ3n) is 6.09. The number of methoxy groups -OCH3 is 1.